The summed E-state index contributed by atoms with van der Waals surface area (Å²) in [6.45, 7) is 0. The lowest BCUT2D eigenvalue weighted by Crippen LogP contribution is -2.08. The Labute approximate surface area is 105 Å². The molecule has 0 N–H and O–H groups in total. The van der Waals surface area contributed by atoms with E-state index in [1.54, 1.807) is 0 Å². The summed E-state index contributed by atoms with van der Waals surface area (Å²) in [5, 5.41) is 0.873. The Balaban J connectivity index is 2.29. The zero-order valence-corrected chi connectivity index (χ0v) is 10.7. The Morgan fingerprint density at radius 3 is 2.59 bits per heavy atom. The molecular formula is C13H14N2OS. The largest absolute Gasteiger partial charge is 0.354 e. The van der Waals surface area contributed by atoms with Crippen LogP contribution in [0.4, 0.5) is 5.13 Å². The van der Waals surface area contributed by atoms with Crippen molar-refractivity contribution < 1.29 is 4.79 Å². The Hall–Kier alpha value is -1.68. The predicted molar refractivity (Wildman–Crippen MR) is 71.1 cm³/mol. The van der Waals surface area contributed by atoms with E-state index < -0.39 is 0 Å². The molecular weight excluding hydrogens is 232 g/mol. The summed E-state index contributed by atoms with van der Waals surface area (Å²) >= 11 is 1.43. The highest BCUT2D eigenvalue weighted by Crippen LogP contribution is 2.25. The van der Waals surface area contributed by atoms with Crippen LogP contribution in [0.3, 0.4) is 0 Å². The van der Waals surface area contributed by atoms with Gasteiger partial charge in [0.2, 0.25) is 0 Å². The second-order valence-corrected chi connectivity index (χ2v) is 4.99. The van der Waals surface area contributed by atoms with Crippen molar-refractivity contribution in [2.24, 2.45) is 0 Å². The lowest BCUT2D eigenvalue weighted by molar-refractivity contribution is 0.112. The summed E-state index contributed by atoms with van der Waals surface area (Å²) in [4.78, 5) is 18.1. The van der Waals surface area contributed by atoms with E-state index in [-0.39, 0.29) is 0 Å². The van der Waals surface area contributed by atoms with Crippen LogP contribution in [0.15, 0.2) is 30.3 Å². The maximum absolute atomic E-state index is 11.0. The predicted octanol–water partition coefficient (Wildman–Crippen LogP) is 2.61. The number of carbonyl (C=O) groups is 1. The molecule has 1 aromatic carbocycles. The molecule has 0 radical (unpaired) electrons. The maximum atomic E-state index is 11.0. The van der Waals surface area contributed by atoms with Crippen molar-refractivity contribution in [3.05, 3.63) is 46.5 Å². The Morgan fingerprint density at radius 1 is 1.29 bits per heavy atom. The molecule has 0 saturated heterocycles. The molecule has 4 heteroatoms. The topological polar surface area (TPSA) is 33.2 Å². The van der Waals surface area contributed by atoms with Crippen molar-refractivity contribution >= 4 is 22.8 Å². The number of benzene rings is 1. The molecule has 3 nitrogen and oxygen atoms in total. The monoisotopic (exact) mass is 246 g/mol. The molecule has 0 aliphatic rings. The third-order valence-corrected chi connectivity index (χ3v) is 3.61. The molecule has 1 aromatic heterocycles. The van der Waals surface area contributed by atoms with E-state index in [0.29, 0.717) is 6.42 Å². The van der Waals surface area contributed by atoms with E-state index in [4.69, 9.17) is 0 Å². The summed E-state index contributed by atoms with van der Waals surface area (Å²) in [7, 11) is 3.86. The zero-order valence-electron chi connectivity index (χ0n) is 9.88. The first kappa shape index (κ1) is 11.8. The van der Waals surface area contributed by atoms with Gasteiger partial charge in [-0.2, -0.15) is 0 Å². The highest BCUT2D eigenvalue weighted by Gasteiger charge is 2.12. The maximum Gasteiger partial charge on any atom is 0.185 e. The Bertz CT molecular complexity index is 505. The van der Waals surface area contributed by atoms with Crippen molar-refractivity contribution in [1.82, 2.24) is 4.98 Å². The van der Waals surface area contributed by atoms with Crippen LogP contribution in [0.25, 0.3) is 0 Å². The van der Waals surface area contributed by atoms with Gasteiger partial charge in [-0.15, -0.1) is 0 Å². The van der Waals surface area contributed by atoms with Gasteiger partial charge in [0.05, 0.1) is 10.6 Å². The number of nitrogens with zero attached hydrogens (tertiary/aromatic N) is 2. The third kappa shape index (κ3) is 2.71. The highest BCUT2D eigenvalue weighted by molar-refractivity contribution is 7.17. The van der Waals surface area contributed by atoms with Crippen molar-refractivity contribution in [3.8, 4) is 0 Å². The Morgan fingerprint density at radius 2 is 2.00 bits per heavy atom. The number of hydrogen-bond donors (Lipinski definition) is 0. The van der Waals surface area contributed by atoms with Gasteiger partial charge in [-0.25, -0.2) is 4.98 Å². The number of thiazole rings is 1. The third-order valence-electron chi connectivity index (χ3n) is 2.42. The van der Waals surface area contributed by atoms with Crippen LogP contribution in [-0.2, 0) is 6.42 Å². The number of anilines is 1. The van der Waals surface area contributed by atoms with Crippen molar-refractivity contribution in [2.75, 3.05) is 19.0 Å². The summed E-state index contributed by atoms with van der Waals surface area (Å²) in [5.41, 5.74) is 2.03. The fraction of sp³-hybridized carbons (Fsp3) is 0.231. The van der Waals surface area contributed by atoms with Crippen LogP contribution in [0.2, 0.25) is 0 Å². The van der Waals surface area contributed by atoms with Gasteiger partial charge < -0.3 is 4.90 Å². The van der Waals surface area contributed by atoms with Crippen molar-refractivity contribution in [3.63, 3.8) is 0 Å². The second-order valence-electron chi connectivity index (χ2n) is 3.98. The SMILES string of the molecule is CN(C)c1nc(Cc2ccccc2)c(C=O)s1. The molecule has 0 atom stereocenters. The van der Waals surface area contributed by atoms with Gasteiger partial charge in [0.1, 0.15) is 0 Å². The lowest BCUT2D eigenvalue weighted by Gasteiger charge is -2.05. The Kier molecular flexibility index (Phi) is 3.54. The average molecular weight is 246 g/mol. The highest BCUT2D eigenvalue weighted by atomic mass is 32.1. The molecule has 0 unspecified atom stereocenters. The van der Waals surface area contributed by atoms with Gasteiger partial charge in [0, 0.05) is 20.5 Å². The van der Waals surface area contributed by atoms with Gasteiger partial charge in [-0.05, 0) is 5.56 Å². The van der Waals surface area contributed by atoms with Crippen LogP contribution in [0.1, 0.15) is 20.9 Å². The van der Waals surface area contributed by atoms with Gasteiger partial charge in [-0.1, -0.05) is 41.7 Å². The number of aldehydes is 1. The fourth-order valence-electron chi connectivity index (χ4n) is 1.55. The van der Waals surface area contributed by atoms with E-state index in [0.717, 1.165) is 22.0 Å². The number of carbonyl (C=O) groups excluding carboxylic acids is 1. The molecule has 0 bridgehead atoms. The average Bonchev–Trinajstić information content (AvgIpc) is 2.74. The van der Waals surface area contributed by atoms with E-state index in [9.17, 15) is 4.79 Å². The van der Waals surface area contributed by atoms with Gasteiger partial charge in [-0.3, -0.25) is 4.79 Å². The molecule has 2 rings (SSSR count). The molecule has 1 heterocycles. The lowest BCUT2D eigenvalue weighted by atomic mass is 10.1. The molecule has 0 aliphatic carbocycles. The van der Waals surface area contributed by atoms with Crippen molar-refractivity contribution in [1.29, 1.82) is 0 Å². The van der Waals surface area contributed by atoms with Crippen LogP contribution >= 0.6 is 11.3 Å². The normalized spacial score (nSPS) is 10.2. The van der Waals surface area contributed by atoms with Crippen molar-refractivity contribution in [2.45, 2.75) is 6.42 Å². The molecule has 0 spiro atoms. The molecule has 2 aromatic rings. The molecule has 0 saturated carbocycles. The summed E-state index contributed by atoms with van der Waals surface area (Å²) in [6.07, 6.45) is 1.60. The number of rotatable bonds is 4. The van der Waals surface area contributed by atoms with E-state index in [1.807, 2.05) is 49.3 Å². The van der Waals surface area contributed by atoms with Gasteiger partial charge >= 0.3 is 0 Å². The van der Waals surface area contributed by atoms with Crippen LogP contribution in [0.5, 0.6) is 0 Å². The second kappa shape index (κ2) is 5.10. The zero-order chi connectivity index (χ0) is 12.3. The molecule has 17 heavy (non-hydrogen) atoms. The summed E-state index contributed by atoms with van der Waals surface area (Å²) < 4.78 is 0. The smallest absolute Gasteiger partial charge is 0.185 e. The molecule has 88 valence electrons. The fourth-order valence-corrected chi connectivity index (χ4v) is 2.37. The molecule has 0 aliphatic heterocycles. The standard InChI is InChI=1S/C13H14N2OS/c1-15(2)13-14-11(12(9-16)17-13)8-10-6-4-3-5-7-10/h3-7,9H,8H2,1-2H3. The summed E-state index contributed by atoms with van der Waals surface area (Å²) in [5.74, 6) is 0. The minimum atomic E-state index is 0.708. The van der Waals surface area contributed by atoms with Crippen LogP contribution < -0.4 is 4.90 Å². The van der Waals surface area contributed by atoms with E-state index in [1.165, 1.54) is 16.9 Å². The number of hydrogen-bond acceptors (Lipinski definition) is 4. The summed E-state index contributed by atoms with van der Waals surface area (Å²) in [6, 6.07) is 10.1. The quantitative estimate of drug-likeness (QED) is 0.777. The van der Waals surface area contributed by atoms with Gasteiger partial charge in [0.25, 0.3) is 0 Å². The van der Waals surface area contributed by atoms with Crippen LogP contribution in [0, 0.1) is 0 Å². The van der Waals surface area contributed by atoms with E-state index >= 15 is 0 Å². The van der Waals surface area contributed by atoms with E-state index in [2.05, 4.69) is 4.98 Å². The first-order chi connectivity index (χ1) is 8.20. The number of aromatic nitrogens is 1. The first-order valence-corrected chi connectivity index (χ1v) is 6.18. The minimum absolute atomic E-state index is 0.708. The first-order valence-electron chi connectivity index (χ1n) is 5.37. The van der Waals surface area contributed by atoms with Crippen LogP contribution in [-0.4, -0.2) is 25.4 Å². The molecule has 0 fully saturated rings. The molecule has 0 amide bonds. The van der Waals surface area contributed by atoms with Gasteiger partial charge in [0.15, 0.2) is 11.4 Å². The minimum Gasteiger partial charge on any atom is -0.354 e.